The number of thioether (sulfide) groups is 1. The maximum Gasteiger partial charge on any atom is 0.0946 e. The smallest absolute Gasteiger partial charge is 0.0946 e. The van der Waals surface area contributed by atoms with Crippen molar-refractivity contribution in [2.45, 2.75) is 16.7 Å². The highest BCUT2D eigenvalue weighted by molar-refractivity contribution is 7.99. The lowest BCUT2D eigenvalue weighted by Gasteiger charge is -2.33. The molecule has 152 valence electrons. The molecule has 4 rings (SSSR count). The number of imidazole rings is 1. The fourth-order valence-corrected chi connectivity index (χ4v) is 5.23. The molecule has 0 bridgehead atoms. The van der Waals surface area contributed by atoms with Crippen molar-refractivity contribution in [3.8, 4) is 0 Å². The third kappa shape index (κ3) is 5.27. The Bertz CT molecular complexity index is 925. The second-order valence-electron chi connectivity index (χ2n) is 7.05. The van der Waals surface area contributed by atoms with Crippen LogP contribution in [-0.4, -0.2) is 40.7 Å². The van der Waals surface area contributed by atoms with Gasteiger partial charge in [-0.15, -0.1) is 11.8 Å². The fraction of sp³-hybridized carbons (Fsp3) is 0.286. The van der Waals surface area contributed by atoms with Gasteiger partial charge in [0, 0.05) is 65.7 Å². The number of hydrazine groups is 1. The maximum atomic E-state index is 6.53. The Kier molecular flexibility index (Phi) is 6.67. The van der Waals surface area contributed by atoms with Crippen molar-refractivity contribution in [3.05, 3.63) is 76.8 Å². The second kappa shape index (κ2) is 9.41. The van der Waals surface area contributed by atoms with Crippen LogP contribution in [0.3, 0.4) is 0 Å². The van der Waals surface area contributed by atoms with Crippen LogP contribution in [0.2, 0.25) is 10.0 Å². The van der Waals surface area contributed by atoms with Crippen molar-refractivity contribution in [2.24, 2.45) is 5.84 Å². The lowest BCUT2D eigenvalue weighted by Crippen LogP contribution is -2.49. The normalized spacial score (nSPS) is 16.2. The standard InChI is InChI=1S/C21H23Cl2N5S/c22-16-1-6-19(20(23)13-16)21(14-26-8-7-25-15-26)29-18-4-2-17(3-5-18)27-9-11-28(24)12-10-27/h1-8,13,15,21H,9-12,14,24H2. The third-order valence-corrected chi connectivity index (χ3v) is 6.83. The summed E-state index contributed by atoms with van der Waals surface area (Å²) in [5, 5.41) is 3.34. The van der Waals surface area contributed by atoms with E-state index in [2.05, 4.69) is 38.7 Å². The summed E-state index contributed by atoms with van der Waals surface area (Å²) in [5.41, 5.74) is 2.30. The van der Waals surface area contributed by atoms with Gasteiger partial charge < -0.3 is 9.47 Å². The molecule has 0 spiro atoms. The van der Waals surface area contributed by atoms with Gasteiger partial charge in [0.05, 0.1) is 11.6 Å². The minimum atomic E-state index is 0.139. The summed E-state index contributed by atoms with van der Waals surface area (Å²) < 4.78 is 2.07. The zero-order valence-electron chi connectivity index (χ0n) is 15.9. The average Bonchev–Trinajstić information content (AvgIpc) is 3.22. The van der Waals surface area contributed by atoms with E-state index >= 15 is 0 Å². The molecule has 0 aliphatic carbocycles. The molecule has 1 aromatic heterocycles. The van der Waals surface area contributed by atoms with E-state index in [0.29, 0.717) is 10.0 Å². The van der Waals surface area contributed by atoms with Crippen LogP contribution < -0.4 is 10.7 Å². The van der Waals surface area contributed by atoms with Crippen LogP contribution in [0.5, 0.6) is 0 Å². The monoisotopic (exact) mass is 447 g/mol. The summed E-state index contributed by atoms with van der Waals surface area (Å²) in [6.07, 6.45) is 5.59. The lowest BCUT2D eigenvalue weighted by molar-refractivity contribution is 0.266. The number of halogens is 2. The van der Waals surface area contributed by atoms with Gasteiger partial charge in [0.25, 0.3) is 0 Å². The molecular weight excluding hydrogens is 425 g/mol. The van der Waals surface area contributed by atoms with Crippen molar-refractivity contribution < 1.29 is 0 Å². The van der Waals surface area contributed by atoms with Gasteiger partial charge in [-0.1, -0.05) is 29.3 Å². The van der Waals surface area contributed by atoms with E-state index < -0.39 is 0 Å². The number of hydrogen-bond donors (Lipinski definition) is 1. The summed E-state index contributed by atoms with van der Waals surface area (Å²) in [7, 11) is 0. The Balaban J connectivity index is 1.52. The topological polar surface area (TPSA) is 50.3 Å². The first-order chi connectivity index (χ1) is 14.1. The van der Waals surface area contributed by atoms with E-state index in [4.69, 9.17) is 29.0 Å². The van der Waals surface area contributed by atoms with Crippen molar-refractivity contribution >= 4 is 40.7 Å². The molecule has 0 amide bonds. The molecule has 2 N–H and O–H groups in total. The molecular formula is C21H23Cl2N5S. The summed E-state index contributed by atoms with van der Waals surface area (Å²) in [6.45, 7) is 4.45. The molecule has 1 aliphatic heterocycles. The van der Waals surface area contributed by atoms with Crippen LogP contribution in [0.4, 0.5) is 5.69 Å². The van der Waals surface area contributed by atoms with E-state index in [1.807, 2.05) is 29.7 Å². The van der Waals surface area contributed by atoms with E-state index in [1.165, 1.54) is 10.6 Å². The number of anilines is 1. The minimum absolute atomic E-state index is 0.139. The Labute approximate surface area is 185 Å². The first kappa shape index (κ1) is 20.6. The predicted octanol–water partition coefficient (Wildman–Crippen LogP) is 4.72. The summed E-state index contributed by atoms with van der Waals surface area (Å²) in [4.78, 5) is 7.73. The highest BCUT2D eigenvalue weighted by Crippen LogP contribution is 2.40. The number of nitrogens with two attached hydrogens (primary N) is 1. The Morgan fingerprint density at radius 3 is 2.45 bits per heavy atom. The Morgan fingerprint density at radius 2 is 1.79 bits per heavy atom. The molecule has 5 nitrogen and oxygen atoms in total. The molecule has 1 saturated heterocycles. The minimum Gasteiger partial charge on any atom is -0.369 e. The zero-order chi connectivity index (χ0) is 20.2. The Hall–Kier alpha value is -1.70. The van der Waals surface area contributed by atoms with Crippen LogP contribution in [0.25, 0.3) is 0 Å². The highest BCUT2D eigenvalue weighted by Gasteiger charge is 2.19. The molecule has 1 atom stereocenters. The van der Waals surface area contributed by atoms with Gasteiger partial charge in [-0.2, -0.15) is 0 Å². The number of hydrogen-bond acceptors (Lipinski definition) is 5. The maximum absolute atomic E-state index is 6.53. The van der Waals surface area contributed by atoms with Crippen molar-refractivity contribution in [3.63, 3.8) is 0 Å². The highest BCUT2D eigenvalue weighted by atomic mass is 35.5. The SMILES string of the molecule is NN1CCN(c2ccc(SC(Cn3ccnc3)c3ccc(Cl)cc3Cl)cc2)CC1. The van der Waals surface area contributed by atoms with Gasteiger partial charge in [-0.3, -0.25) is 5.84 Å². The quantitative estimate of drug-likeness (QED) is 0.437. The zero-order valence-corrected chi connectivity index (χ0v) is 18.2. The fourth-order valence-electron chi connectivity index (χ4n) is 3.43. The van der Waals surface area contributed by atoms with E-state index in [1.54, 1.807) is 24.0 Å². The molecule has 0 radical (unpaired) electrons. The van der Waals surface area contributed by atoms with E-state index in [-0.39, 0.29) is 5.25 Å². The van der Waals surface area contributed by atoms with Crippen LogP contribution in [0.15, 0.2) is 66.1 Å². The molecule has 2 aromatic carbocycles. The van der Waals surface area contributed by atoms with E-state index in [9.17, 15) is 0 Å². The molecule has 29 heavy (non-hydrogen) atoms. The lowest BCUT2D eigenvalue weighted by atomic mass is 10.1. The predicted molar refractivity (Wildman–Crippen MR) is 122 cm³/mol. The molecule has 1 fully saturated rings. The first-order valence-corrected chi connectivity index (χ1v) is 11.1. The largest absolute Gasteiger partial charge is 0.369 e. The molecule has 2 heterocycles. The van der Waals surface area contributed by atoms with Gasteiger partial charge in [-0.05, 0) is 42.0 Å². The number of nitrogens with zero attached hydrogens (tertiary/aromatic N) is 4. The second-order valence-corrected chi connectivity index (χ2v) is 9.17. The Morgan fingerprint density at radius 1 is 1.03 bits per heavy atom. The van der Waals surface area contributed by atoms with Gasteiger partial charge in [0.15, 0.2) is 0 Å². The average molecular weight is 448 g/mol. The van der Waals surface area contributed by atoms with Crippen LogP contribution in [0.1, 0.15) is 10.8 Å². The van der Waals surface area contributed by atoms with Gasteiger partial charge in [0.1, 0.15) is 0 Å². The summed E-state index contributed by atoms with van der Waals surface area (Å²) in [5.74, 6) is 5.86. The molecule has 8 heteroatoms. The van der Waals surface area contributed by atoms with Crippen LogP contribution in [-0.2, 0) is 6.54 Å². The summed E-state index contributed by atoms with van der Waals surface area (Å²) >= 11 is 14.4. The van der Waals surface area contributed by atoms with Crippen molar-refractivity contribution in [1.29, 1.82) is 0 Å². The van der Waals surface area contributed by atoms with Crippen molar-refractivity contribution in [2.75, 3.05) is 31.1 Å². The van der Waals surface area contributed by atoms with Gasteiger partial charge in [-0.25, -0.2) is 9.99 Å². The number of rotatable bonds is 6. The summed E-state index contributed by atoms with van der Waals surface area (Å²) in [6, 6.07) is 14.4. The number of benzene rings is 2. The third-order valence-electron chi connectivity index (χ3n) is 5.04. The number of piperazine rings is 1. The van der Waals surface area contributed by atoms with Crippen molar-refractivity contribution in [1.82, 2.24) is 14.6 Å². The number of aromatic nitrogens is 2. The van der Waals surface area contributed by atoms with Crippen LogP contribution >= 0.6 is 35.0 Å². The van der Waals surface area contributed by atoms with Gasteiger partial charge >= 0.3 is 0 Å². The molecule has 3 aromatic rings. The molecule has 1 aliphatic rings. The van der Waals surface area contributed by atoms with Gasteiger partial charge in [0.2, 0.25) is 0 Å². The van der Waals surface area contributed by atoms with E-state index in [0.717, 1.165) is 38.3 Å². The molecule has 0 saturated carbocycles. The molecule has 1 unspecified atom stereocenters. The van der Waals surface area contributed by atoms with Crippen LogP contribution in [0, 0.1) is 0 Å². The first-order valence-electron chi connectivity index (χ1n) is 9.50.